The van der Waals surface area contributed by atoms with E-state index in [1.807, 2.05) is 42.5 Å². The molecule has 7 nitrogen and oxygen atoms in total. The average Bonchev–Trinajstić information content (AvgIpc) is 3.11. The Morgan fingerprint density at radius 3 is 2.19 bits per heavy atom. The van der Waals surface area contributed by atoms with Crippen LogP contribution in [-0.2, 0) is 19.6 Å². The first-order chi connectivity index (χ1) is 14.9. The van der Waals surface area contributed by atoms with E-state index in [-0.39, 0.29) is 41.0 Å². The summed E-state index contributed by atoms with van der Waals surface area (Å²) in [5.74, 6) is -0.535. The Labute approximate surface area is 180 Å². The summed E-state index contributed by atoms with van der Waals surface area (Å²) in [5.41, 5.74) is 2.13. The number of benzene rings is 3. The Bertz CT molecular complexity index is 1240. The van der Waals surface area contributed by atoms with Crippen LogP contribution in [0, 0.1) is 0 Å². The minimum absolute atomic E-state index is 0.0846. The number of nitrogens with zero attached hydrogens (tertiary/aromatic N) is 1. The Kier molecular flexibility index (Phi) is 5.48. The summed E-state index contributed by atoms with van der Waals surface area (Å²) in [7, 11) is -2.62. The van der Waals surface area contributed by atoms with E-state index in [0.717, 1.165) is 16.0 Å². The molecule has 158 valence electrons. The average molecular weight is 436 g/mol. The summed E-state index contributed by atoms with van der Waals surface area (Å²) in [5, 5.41) is 0. The number of imide groups is 1. The molecule has 0 atom stereocenters. The van der Waals surface area contributed by atoms with E-state index in [9.17, 15) is 18.0 Å². The lowest BCUT2D eigenvalue weighted by Gasteiger charge is -2.19. The van der Waals surface area contributed by atoms with E-state index in [4.69, 9.17) is 4.74 Å². The Balaban J connectivity index is 1.74. The number of rotatable bonds is 6. The number of carbonyl (C=O) groups excluding carboxylic acids is 2. The van der Waals surface area contributed by atoms with Crippen molar-refractivity contribution in [2.75, 3.05) is 16.7 Å². The molecule has 3 aromatic carbocycles. The van der Waals surface area contributed by atoms with Gasteiger partial charge in [-0.2, -0.15) is 0 Å². The zero-order chi connectivity index (χ0) is 22.0. The number of hydrogen-bond donors (Lipinski definition) is 1. The van der Waals surface area contributed by atoms with Crippen LogP contribution in [0.15, 0.2) is 77.7 Å². The zero-order valence-corrected chi connectivity index (χ0v) is 17.6. The molecule has 0 radical (unpaired) electrons. The predicted octanol–water partition coefficient (Wildman–Crippen LogP) is 3.82. The normalized spacial score (nSPS) is 14.0. The van der Waals surface area contributed by atoms with E-state index in [0.29, 0.717) is 5.69 Å². The van der Waals surface area contributed by atoms with E-state index in [2.05, 4.69) is 4.72 Å². The van der Waals surface area contributed by atoms with E-state index in [1.54, 1.807) is 12.1 Å². The monoisotopic (exact) mass is 436 g/mol. The van der Waals surface area contributed by atoms with Gasteiger partial charge in [0.1, 0.15) is 5.75 Å². The summed E-state index contributed by atoms with van der Waals surface area (Å²) in [6.07, 6.45) is 0.170. The predicted molar refractivity (Wildman–Crippen MR) is 117 cm³/mol. The fourth-order valence-electron chi connectivity index (χ4n) is 3.50. The summed E-state index contributed by atoms with van der Waals surface area (Å²) in [6, 6.07) is 20.6. The smallest absolute Gasteiger partial charge is 0.261 e. The van der Waals surface area contributed by atoms with Crippen molar-refractivity contribution < 1.29 is 22.7 Å². The second-order valence-corrected chi connectivity index (χ2v) is 8.66. The third kappa shape index (κ3) is 4.02. The summed E-state index contributed by atoms with van der Waals surface area (Å²) in [4.78, 5) is 25.3. The summed E-state index contributed by atoms with van der Waals surface area (Å²) >= 11 is 0. The largest absolute Gasteiger partial charge is 0.495 e. The van der Waals surface area contributed by atoms with Crippen LogP contribution in [0.5, 0.6) is 5.75 Å². The van der Waals surface area contributed by atoms with Gasteiger partial charge in [-0.15, -0.1) is 0 Å². The van der Waals surface area contributed by atoms with Crippen molar-refractivity contribution in [2.45, 2.75) is 17.7 Å². The molecule has 3 aromatic rings. The minimum Gasteiger partial charge on any atom is -0.495 e. The molecule has 1 aliphatic rings. The van der Waals surface area contributed by atoms with Gasteiger partial charge in [-0.25, -0.2) is 13.3 Å². The molecule has 1 aliphatic heterocycles. The van der Waals surface area contributed by atoms with Gasteiger partial charge in [0.2, 0.25) is 11.8 Å². The maximum atomic E-state index is 13.2. The first-order valence-corrected chi connectivity index (χ1v) is 11.1. The van der Waals surface area contributed by atoms with Crippen LogP contribution >= 0.6 is 0 Å². The molecule has 1 fully saturated rings. The van der Waals surface area contributed by atoms with Gasteiger partial charge in [-0.3, -0.25) is 14.3 Å². The third-order valence-corrected chi connectivity index (χ3v) is 6.37. The van der Waals surface area contributed by atoms with Crippen molar-refractivity contribution in [2.24, 2.45) is 0 Å². The third-order valence-electron chi connectivity index (χ3n) is 5.01. The zero-order valence-electron chi connectivity index (χ0n) is 16.7. The molecule has 2 amide bonds. The maximum Gasteiger partial charge on any atom is 0.261 e. The van der Waals surface area contributed by atoms with Gasteiger partial charge < -0.3 is 4.74 Å². The van der Waals surface area contributed by atoms with Crippen LogP contribution in [0.4, 0.5) is 11.4 Å². The second kappa shape index (κ2) is 8.23. The fraction of sp³-hybridized carbons (Fsp3) is 0.130. The van der Waals surface area contributed by atoms with Gasteiger partial charge in [0.05, 0.1) is 23.4 Å². The van der Waals surface area contributed by atoms with Gasteiger partial charge in [0.15, 0.2) is 0 Å². The van der Waals surface area contributed by atoms with Gasteiger partial charge in [-0.05, 0) is 29.8 Å². The number of amides is 2. The molecule has 8 heteroatoms. The molecule has 1 heterocycles. The van der Waals surface area contributed by atoms with Crippen molar-refractivity contribution in [3.63, 3.8) is 0 Å². The number of hydrogen-bond acceptors (Lipinski definition) is 5. The number of ether oxygens (including phenoxy) is 1. The highest BCUT2D eigenvalue weighted by atomic mass is 32.2. The van der Waals surface area contributed by atoms with Gasteiger partial charge in [0.25, 0.3) is 10.0 Å². The first kappa shape index (κ1) is 20.6. The van der Waals surface area contributed by atoms with Crippen molar-refractivity contribution >= 4 is 33.2 Å². The molecule has 1 N–H and O–H groups in total. The lowest BCUT2D eigenvalue weighted by molar-refractivity contribution is -0.121. The number of para-hydroxylation sites is 1. The van der Waals surface area contributed by atoms with Crippen LogP contribution in [-0.4, -0.2) is 27.3 Å². The maximum absolute atomic E-state index is 13.2. The lowest BCUT2D eigenvalue weighted by atomic mass is 10.0. The van der Waals surface area contributed by atoms with E-state index >= 15 is 0 Å². The molecular formula is C23H20N2O5S. The van der Waals surface area contributed by atoms with Crippen LogP contribution in [0.1, 0.15) is 12.8 Å². The van der Waals surface area contributed by atoms with Crippen LogP contribution < -0.4 is 14.4 Å². The van der Waals surface area contributed by atoms with Crippen molar-refractivity contribution in [1.82, 2.24) is 0 Å². The topological polar surface area (TPSA) is 92.8 Å². The summed E-state index contributed by atoms with van der Waals surface area (Å²) in [6.45, 7) is 0. The van der Waals surface area contributed by atoms with Gasteiger partial charge in [-0.1, -0.05) is 48.5 Å². The van der Waals surface area contributed by atoms with Crippen molar-refractivity contribution in [1.29, 1.82) is 0 Å². The molecule has 0 unspecified atom stereocenters. The molecular weight excluding hydrogens is 416 g/mol. The molecule has 0 aromatic heterocycles. The standard InChI is InChI=1S/C23H20N2O5S/c1-30-21-12-11-17(15-20(21)25-22(26)13-14-23(25)27)31(28,29)24-19-10-6-5-9-18(19)16-7-3-2-4-8-16/h2-12,15,24H,13-14H2,1H3. The van der Waals surface area contributed by atoms with Gasteiger partial charge in [0, 0.05) is 18.4 Å². The molecule has 0 spiro atoms. The minimum atomic E-state index is -4.01. The highest BCUT2D eigenvalue weighted by Crippen LogP contribution is 2.35. The SMILES string of the molecule is COc1ccc(S(=O)(=O)Nc2ccccc2-c2ccccc2)cc1N1C(=O)CCC1=O. The number of methoxy groups -OCH3 is 1. The number of anilines is 2. The lowest BCUT2D eigenvalue weighted by Crippen LogP contribution is -2.29. The number of sulfonamides is 1. The van der Waals surface area contributed by atoms with E-state index in [1.165, 1.54) is 25.3 Å². The molecule has 0 bridgehead atoms. The molecule has 31 heavy (non-hydrogen) atoms. The number of carbonyl (C=O) groups is 2. The Morgan fingerprint density at radius 2 is 1.52 bits per heavy atom. The molecule has 4 rings (SSSR count). The van der Waals surface area contributed by atoms with Crippen LogP contribution in [0.2, 0.25) is 0 Å². The second-order valence-electron chi connectivity index (χ2n) is 6.97. The molecule has 0 aliphatic carbocycles. The Hall–Kier alpha value is -3.65. The fourth-order valence-corrected chi connectivity index (χ4v) is 4.60. The Morgan fingerprint density at radius 1 is 0.871 bits per heavy atom. The number of nitrogens with one attached hydrogen (secondary N) is 1. The van der Waals surface area contributed by atoms with Gasteiger partial charge >= 0.3 is 0 Å². The first-order valence-electron chi connectivity index (χ1n) is 9.62. The molecule has 0 saturated carbocycles. The highest BCUT2D eigenvalue weighted by molar-refractivity contribution is 7.92. The quantitative estimate of drug-likeness (QED) is 0.593. The van der Waals surface area contributed by atoms with Crippen molar-refractivity contribution in [3.05, 3.63) is 72.8 Å². The van der Waals surface area contributed by atoms with E-state index < -0.39 is 10.0 Å². The summed E-state index contributed by atoms with van der Waals surface area (Å²) < 4.78 is 34.2. The van der Waals surface area contributed by atoms with Crippen LogP contribution in [0.25, 0.3) is 11.1 Å². The van der Waals surface area contributed by atoms with Crippen molar-refractivity contribution in [3.8, 4) is 16.9 Å². The highest BCUT2D eigenvalue weighted by Gasteiger charge is 2.33. The molecule has 1 saturated heterocycles. The van der Waals surface area contributed by atoms with Crippen LogP contribution in [0.3, 0.4) is 0 Å².